The maximum atomic E-state index is 15.3. The number of carbonyl (C=O) groups is 1. The van der Waals surface area contributed by atoms with Crippen molar-refractivity contribution in [1.82, 2.24) is 9.80 Å². The molecule has 3 aromatic rings. The van der Waals surface area contributed by atoms with Crippen LogP contribution in [0.3, 0.4) is 0 Å². The van der Waals surface area contributed by atoms with Gasteiger partial charge in [0.2, 0.25) is 0 Å². The quantitative estimate of drug-likeness (QED) is 0.452. The minimum Gasteiger partial charge on any atom is -0.491 e. The Bertz CT molecular complexity index is 1220. The normalized spacial score (nSPS) is 19.7. The molecule has 0 radical (unpaired) electrons. The molecule has 3 aromatic carbocycles. The number of piperidine rings is 1. The first kappa shape index (κ1) is 23.2. The first-order valence-corrected chi connectivity index (χ1v) is 11.6. The molecular weight excluding hydrogens is 455 g/mol. The minimum atomic E-state index is -1.74. The highest BCUT2D eigenvalue weighted by atomic mass is 19.1. The maximum Gasteiger partial charge on any atom is 0.322 e. The van der Waals surface area contributed by atoms with Crippen molar-refractivity contribution in [3.63, 3.8) is 0 Å². The Morgan fingerprint density at radius 1 is 0.971 bits per heavy atom. The van der Waals surface area contributed by atoms with Crippen LogP contribution >= 0.6 is 0 Å². The Kier molecular flexibility index (Phi) is 6.38. The zero-order valence-corrected chi connectivity index (χ0v) is 19.3. The number of anilines is 1. The number of hydrogen-bond acceptors (Lipinski definition) is 3. The lowest BCUT2D eigenvalue weighted by Gasteiger charge is -2.45. The van der Waals surface area contributed by atoms with Gasteiger partial charge in [-0.25, -0.2) is 18.0 Å². The number of nitrogens with one attached hydrogen (secondary N) is 1. The summed E-state index contributed by atoms with van der Waals surface area (Å²) in [7, 11) is 1.15. The van der Waals surface area contributed by atoms with Crippen molar-refractivity contribution >= 4 is 11.7 Å². The lowest BCUT2D eigenvalue weighted by molar-refractivity contribution is 0.0303. The molecule has 0 saturated carbocycles. The third kappa shape index (κ3) is 4.23. The summed E-state index contributed by atoms with van der Waals surface area (Å²) in [5.41, 5.74) is 2.53. The second-order valence-electron chi connectivity index (χ2n) is 8.82. The van der Waals surface area contributed by atoms with E-state index in [4.69, 9.17) is 4.74 Å². The van der Waals surface area contributed by atoms with E-state index in [2.05, 4.69) is 5.32 Å². The molecule has 0 spiro atoms. The van der Waals surface area contributed by atoms with E-state index in [1.165, 1.54) is 4.90 Å². The van der Waals surface area contributed by atoms with Crippen molar-refractivity contribution in [3.8, 4) is 5.75 Å². The van der Waals surface area contributed by atoms with Gasteiger partial charge in [0.15, 0.2) is 23.7 Å². The number of hydrogen-bond donors (Lipinski definition) is 1. The third-order valence-electron chi connectivity index (χ3n) is 6.88. The fourth-order valence-electron chi connectivity index (χ4n) is 5.15. The molecule has 2 aliphatic rings. The van der Waals surface area contributed by atoms with Crippen LogP contribution in [0.15, 0.2) is 66.7 Å². The second kappa shape index (κ2) is 9.62. The largest absolute Gasteiger partial charge is 0.491 e. The average Bonchev–Trinajstić information content (AvgIpc) is 2.88. The first-order chi connectivity index (χ1) is 17.0. The number of urea groups is 1. The summed E-state index contributed by atoms with van der Waals surface area (Å²) >= 11 is 0. The SMILES string of the molecule is COc1c(F)ccc(C(F)N2CCC(N3C(=O)Nc4ccccc4C3c3ccccc3)CC2)c1F. The summed E-state index contributed by atoms with van der Waals surface area (Å²) in [6.45, 7) is 0.635. The number of ether oxygens (including phenoxy) is 1. The highest BCUT2D eigenvalue weighted by molar-refractivity contribution is 5.93. The van der Waals surface area contributed by atoms with Gasteiger partial charge in [-0.2, -0.15) is 0 Å². The minimum absolute atomic E-state index is 0.135. The molecule has 2 amide bonds. The number of benzene rings is 3. The molecule has 1 N–H and O–H groups in total. The van der Waals surface area contributed by atoms with Crippen LogP contribution in [-0.4, -0.2) is 42.1 Å². The Hall–Kier alpha value is -3.52. The van der Waals surface area contributed by atoms with Crippen LogP contribution in [0.5, 0.6) is 5.75 Å². The van der Waals surface area contributed by atoms with Crippen molar-refractivity contribution in [2.75, 3.05) is 25.5 Å². The topological polar surface area (TPSA) is 44.8 Å². The molecule has 2 unspecified atom stereocenters. The van der Waals surface area contributed by atoms with Crippen LogP contribution in [-0.2, 0) is 0 Å². The monoisotopic (exact) mass is 481 g/mol. The van der Waals surface area contributed by atoms with Crippen LogP contribution < -0.4 is 10.1 Å². The number of para-hydroxylation sites is 1. The number of halogens is 3. The Morgan fingerprint density at radius 3 is 2.37 bits per heavy atom. The smallest absolute Gasteiger partial charge is 0.322 e. The lowest BCUT2D eigenvalue weighted by atomic mass is 9.90. The summed E-state index contributed by atoms with van der Waals surface area (Å²) in [4.78, 5) is 16.6. The number of fused-ring (bicyclic) bond motifs is 1. The molecular formula is C27H26F3N3O2. The molecule has 35 heavy (non-hydrogen) atoms. The summed E-state index contributed by atoms with van der Waals surface area (Å²) < 4.78 is 48.5. The molecule has 5 nitrogen and oxygen atoms in total. The number of rotatable bonds is 5. The average molecular weight is 482 g/mol. The van der Waals surface area contributed by atoms with E-state index < -0.39 is 23.7 Å². The summed E-state index contributed by atoms with van der Waals surface area (Å²) in [6.07, 6.45) is -0.718. The van der Waals surface area contributed by atoms with Gasteiger partial charge in [0.25, 0.3) is 0 Å². The Morgan fingerprint density at radius 2 is 1.66 bits per heavy atom. The standard InChI is InChI=1S/C27H26F3N3O2/c1-35-25-21(28)12-11-20(23(25)29)26(30)32-15-13-18(14-16-32)33-24(17-7-3-2-4-8-17)19-9-5-6-10-22(19)31-27(33)34/h2-12,18,24,26H,13-16H2,1H3,(H,31,34). The Labute approximate surface area is 202 Å². The Balaban J connectivity index is 1.38. The maximum absolute atomic E-state index is 15.3. The van der Waals surface area contributed by atoms with Gasteiger partial charge in [0.05, 0.1) is 13.2 Å². The molecule has 0 bridgehead atoms. The van der Waals surface area contributed by atoms with Gasteiger partial charge in [-0.15, -0.1) is 0 Å². The highest BCUT2D eigenvalue weighted by Gasteiger charge is 2.40. The summed E-state index contributed by atoms with van der Waals surface area (Å²) in [6, 6.07) is 19.1. The third-order valence-corrected chi connectivity index (χ3v) is 6.88. The molecule has 2 atom stereocenters. The van der Waals surface area contributed by atoms with Crippen LogP contribution in [0, 0.1) is 11.6 Å². The molecule has 182 valence electrons. The van der Waals surface area contributed by atoms with E-state index >= 15 is 4.39 Å². The van der Waals surface area contributed by atoms with Crippen molar-refractivity contribution in [2.45, 2.75) is 31.2 Å². The summed E-state index contributed by atoms with van der Waals surface area (Å²) in [5.74, 6) is -2.49. The lowest BCUT2D eigenvalue weighted by Crippen LogP contribution is -2.52. The zero-order chi connectivity index (χ0) is 24.5. The van der Waals surface area contributed by atoms with E-state index in [1.54, 1.807) is 0 Å². The van der Waals surface area contributed by atoms with Gasteiger partial charge in [0, 0.05) is 35.9 Å². The van der Waals surface area contributed by atoms with E-state index in [0.29, 0.717) is 25.9 Å². The number of likely N-dealkylation sites (tertiary alicyclic amines) is 1. The number of alkyl halides is 1. The van der Waals surface area contributed by atoms with E-state index in [9.17, 15) is 13.6 Å². The van der Waals surface area contributed by atoms with E-state index in [1.807, 2.05) is 59.5 Å². The van der Waals surface area contributed by atoms with Gasteiger partial charge >= 0.3 is 6.03 Å². The number of nitrogens with zero attached hydrogens (tertiary/aromatic N) is 2. The van der Waals surface area contributed by atoms with Crippen molar-refractivity contribution in [3.05, 3.63) is 95.1 Å². The van der Waals surface area contributed by atoms with Gasteiger partial charge < -0.3 is 15.0 Å². The number of amides is 2. The number of methoxy groups -OCH3 is 1. The molecule has 2 aliphatic heterocycles. The van der Waals surface area contributed by atoms with Gasteiger partial charge in [-0.05, 0) is 36.6 Å². The molecule has 8 heteroatoms. The first-order valence-electron chi connectivity index (χ1n) is 11.6. The van der Waals surface area contributed by atoms with Crippen molar-refractivity contribution < 1.29 is 22.7 Å². The highest BCUT2D eigenvalue weighted by Crippen LogP contribution is 2.41. The summed E-state index contributed by atoms with van der Waals surface area (Å²) in [5, 5.41) is 2.99. The molecule has 2 heterocycles. The van der Waals surface area contributed by atoms with Crippen molar-refractivity contribution in [2.24, 2.45) is 0 Å². The van der Waals surface area contributed by atoms with Crippen LogP contribution in [0.4, 0.5) is 23.7 Å². The second-order valence-corrected chi connectivity index (χ2v) is 8.82. The fourth-order valence-corrected chi connectivity index (χ4v) is 5.15. The van der Waals surface area contributed by atoms with Crippen molar-refractivity contribution in [1.29, 1.82) is 0 Å². The predicted octanol–water partition coefficient (Wildman–Crippen LogP) is 6.04. The van der Waals surface area contributed by atoms with E-state index in [-0.39, 0.29) is 23.7 Å². The zero-order valence-electron chi connectivity index (χ0n) is 19.3. The molecule has 0 aromatic heterocycles. The van der Waals surface area contributed by atoms with Gasteiger partial charge in [0.1, 0.15) is 0 Å². The predicted molar refractivity (Wildman–Crippen MR) is 127 cm³/mol. The van der Waals surface area contributed by atoms with Gasteiger partial charge in [-0.3, -0.25) is 4.90 Å². The molecule has 5 rings (SSSR count). The number of carbonyl (C=O) groups excluding carboxylic acids is 1. The van der Waals surface area contributed by atoms with Gasteiger partial charge in [-0.1, -0.05) is 48.5 Å². The molecule has 0 aliphatic carbocycles. The molecule has 1 saturated heterocycles. The molecule has 1 fully saturated rings. The van der Waals surface area contributed by atoms with Crippen LogP contribution in [0.25, 0.3) is 0 Å². The van der Waals surface area contributed by atoms with Crippen LogP contribution in [0.1, 0.15) is 41.9 Å². The van der Waals surface area contributed by atoms with E-state index in [0.717, 1.165) is 36.1 Å². The van der Waals surface area contributed by atoms with Crippen LogP contribution in [0.2, 0.25) is 0 Å². The fraction of sp³-hybridized carbons (Fsp3) is 0.296.